The topological polar surface area (TPSA) is 59.1 Å². The maximum Gasteiger partial charge on any atom is 0.410 e. The molecule has 27 heavy (non-hydrogen) atoms. The Morgan fingerprint density at radius 1 is 1.15 bits per heavy atom. The van der Waals surface area contributed by atoms with Crippen molar-refractivity contribution in [1.82, 2.24) is 9.80 Å². The molecule has 1 aliphatic heterocycles. The molecule has 1 atom stereocenters. The molecule has 0 bridgehead atoms. The molecule has 1 aromatic carbocycles. The number of hydrogen-bond donors (Lipinski definition) is 0. The van der Waals surface area contributed by atoms with Crippen LogP contribution in [0, 0.1) is 0 Å². The summed E-state index contributed by atoms with van der Waals surface area (Å²) in [5, 5.41) is 0. The molecule has 0 saturated carbocycles. The monoisotopic (exact) mass is 502 g/mol. The summed E-state index contributed by atoms with van der Waals surface area (Å²) in [5.74, 6) is 0. The average molecular weight is 504 g/mol. The van der Waals surface area contributed by atoms with Gasteiger partial charge in [0.2, 0.25) is 0 Å². The Hall–Kier alpha value is -1.54. The average Bonchev–Trinajstić information content (AvgIpc) is 2.58. The lowest BCUT2D eigenvalue weighted by Crippen LogP contribution is -2.56. The van der Waals surface area contributed by atoms with Crippen LogP contribution in [0.5, 0.6) is 0 Å². The van der Waals surface area contributed by atoms with Gasteiger partial charge in [0.1, 0.15) is 12.2 Å². The summed E-state index contributed by atoms with van der Waals surface area (Å²) in [5.41, 5.74) is 0.358. The van der Waals surface area contributed by atoms with Crippen LogP contribution in [0.15, 0.2) is 39.8 Å². The van der Waals surface area contributed by atoms with E-state index >= 15 is 0 Å². The van der Waals surface area contributed by atoms with Gasteiger partial charge >= 0.3 is 12.2 Å². The predicted molar refractivity (Wildman–Crippen MR) is 111 cm³/mol. The van der Waals surface area contributed by atoms with Crippen molar-refractivity contribution in [3.63, 3.8) is 0 Å². The summed E-state index contributed by atoms with van der Waals surface area (Å²) >= 11 is 6.66. The van der Waals surface area contributed by atoms with Gasteiger partial charge in [-0.2, -0.15) is 0 Å². The molecule has 0 N–H and O–H groups in total. The van der Waals surface area contributed by atoms with Crippen molar-refractivity contribution < 1.29 is 19.1 Å². The zero-order valence-electron chi connectivity index (χ0n) is 15.7. The van der Waals surface area contributed by atoms with E-state index in [9.17, 15) is 9.59 Å². The third-order valence-corrected chi connectivity index (χ3v) is 4.36. The van der Waals surface area contributed by atoms with Crippen LogP contribution in [-0.4, -0.2) is 53.3 Å². The van der Waals surface area contributed by atoms with E-state index in [1.54, 1.807) is 9.80 Å². The summed E-state index contributed by atoms with van der Waals surface area (Å²) in [6.07, 6.45) is 1.02. The second-order valence-corrected chi connectivity index (χ2v) is 9.96. The quantitative estimate of drug-likeness (QED) is 0.590. The van der Waals surface area contributed by atoms with Crippen molar-refractivity contribution >= 4 is 44.0 Å². The standard InChI is InChI=1S/C19H24Br2N2O4/c1-19(2,3)27-17(24)22-9-10-23(15(12-22)11-16(20)21)18(25)26-13-14-7-5-4-6-8-14/h4-8,11,15H,9-10,12-13H2,1-3H3. The van der Waals surface area contributed by atoms with Gasteiger partial charge in [0, 0.05) is 19.6 Å². The van der Waals surface area contributed by atoms with Crippen molar-refractivity contribution in [1.29, 1.82) is 0 Å². The Morgan fingerprint density at radius 3 is 2.41 bits per heavy atom. The van der Waals surface area contributed by atoms with Crippen LogP contribution in [0.2, 0.25) is 0 Å². The lowest BCUT2D eigenvalue weighted by molar-refractivity contribution is 0.00623. The summed E-state index contributed by atoms with van der Waals surface area (Å²) in [4.78, 5) is 28.2. The van der Waals surface area contributed by atoms with Gasteiger partial charge in [-0.15, -0.1) is 0 Å². The normalized spacial score (nSPS) is 17.3. The predicted octanol–water partition coefficient (Wildman–Crippen LogP) is 4.88. The molecule has 1 aromatic rings. The third kappa shape index (κ3) is 7.18. The number of nitrogens with zero attached hydrogens (tertiary/aromatic N) is 2. The molecule has 0 spiro atoms. The van der Waals surface area contributed by atoms with Crippen LogP contribution in [0.25, 0.3) is 0 Å². The number of benzene rings is 1. The SMILES string of the molecule is CC(C)(C)OC(=O)N1CCN(C(=O)OCc2ccccc2)C(C=C(Br)Br)C1. The van der Waals surface area contributed by atoms with E-state index < -0.39 is 11.7 Å². The fraction of sp³-hybridized carbons (Fsp3) is 0.474. The van der Waals surface area contributed by atoms with E-state index in [1.807, 2.05) is 57.2 Å². The second kappa shape index (κ2) is 9.59. The number of rotatable bonds is 3. The first-order valence-electron chi connectivity index (χ1n) is 8.64. The van der Waals surface area contributed by atoms with Gasteiger partial charge in [0.05, 0.1) is 9.43 Å². The fourth-order valence-electron chi connectivity index (χ4n) is 2.62. The van der Waals surface area contributed by atoms with Crippen molar-refractivity contribution in [3.8, 4) is 0 Å². The summed E-state index contributed by atoms with van der Waals surface area (Å²) in [6.45, 7) is 6.77. The van der Waals surface area contributed by atoms with Crippen LogP contribution in [0.1, 0.15) is 26.3 Å². The van der Waals surface area contributed by atoms with Gasteiger partial charge in [-0.25, -0.2) is 9.59 Å². The Labute approximate surface area is 176 Å². The fourth-order valence-corrected chi connectivity index (χ4v) is 3.23. The van der Waals surface area contributed by atoms with E-state index in [2.05, 4.69) is 31.9 Å². The van der Waals surface area contributed by atoms with Crippen molar-refractivity contribution in [2.45, 2.75) is 39.0 Å². The van der Waals surface area contributed by atoms with Gasteiger partial charge in [-0.1, -0.05) is 30.3 Å². The summed E-state index contributed by atoms with van der Waals surface area (Å²) < 4.78 is 11.6. The molecule has 0 aliphatic carbocycles. The van der Waals surface area contributed by atoms with Gasteiger partial charge in [0.25, 0.3) is 0 Å². The first kappa shape index (κ1) is 21.8. The molecule has 0 radical (unpaired) electrons. The van der Waals surface area contributed by atoms with E-state index in [1.165, 1.54) is 0 Å². The molecule has 6 nitrogen and oxygen atoms in total. The molecule has 1 aliphatic rings. The molecule has 1 unspecified atom stereocenters. The highest BCUT2D eigenvalue weighted by Gasteiger charge is 2.34. The van der Waals surface area contributed by atoms with E-state index in [4.69, 9.17) is 9.47 Å². The second-order valence-electron chi connectivity index (χ2n) is 7.18. The Balaban J connectivity index is 2.02. The molecule has 2 amide bonds. The number of halogens is 2. The molecule has 1 saturated heterocycles. The highest BCUT2D eigenvalue weighted by molar-refractivity contribution is 9.28. The van der Waals surface area contributed by atoms with Crippen molar-refractivity contribution in [2.24, 2.45) is 0 Å². The number of carbonyl (C=O) groups is 2. The minimum Gasteiger partial charge on any atom is -0.445 e. The van der Waals surface area contributed by atoms with Gasteiger partial charge in [0.15, 0.2) is 0 Å². The minimum absolute atomic E-state index is 0.206. The van der Waals surface area contributed by atoms with Crippen molar-refractivity contribution in [2.75, 3.05) is 19.6 Å². The van der Waals surface area contributed by atoms with Gasteiger partial charge in [-0.05, 0) is 64.3 Å². The van der Waals surface area contributed by atoms with Crippen LogP contribution < -0.4 is 0 Å². The lowest BCUT2D eigenvalue weighted by Gasteiger charge is -2.39. The highest BCUT2D eigenvalue weighted by atomic mass is 79.9. The first-order valence-corrected chi connectivity index (χ1v) is 10.2. The van der Waals surface area contributed by atoms with Crippen LogP contribution in [0.3, 0.4) is 0 Å². The molecule has 1 fully saturated rings. The summed E-state index contributed by atoms with van der Waals surface area (Å²) in [6, 6.07) is 9.19. The largest absolute Gasteiger partial charge is 0.445 e. The van der Waals surface area contributed by atoms with E-state index in [0.29, 0.717) is 23.0 Å². The Kier molecular flexibility index (Phi) is 7.73. The minimum atomic E-state index is -0.565. The number of hydrogen-bond acceptors (Lipinski definition) is 4. The maximum atomic E-state index is 12.6. The molecule has 0 aromatic heterocycles. The number of piperazine rings is 1. The first-order chi connectivity index (χ1) is 12.7. The number of ether oxygens (including phenoxy) is 2. The van der Waals surface area contributed by atoms with E-state index in [-0.39, 0.29) is 18.7 Å². The molecule has 2 rings (SSSR count). The Morgan fingerprint density at radius 2 is 1.81 bits per heavy atom. The maximum absolute atomic E-state index is 12.6. The molecule has 148 valence electrons. The van der Waals surface area contributed by atoms with Crippen molar-refractivity contribution in [3.05, 3.63) is 45.4 Å². The van der Waals surface area contributed by atoms with Crippen LogP contribution in [0.4, 0.5) is 9.59 Å². The van der Waals surface area contributed by atoms with Crippen LogP contribution >= 0.6 is 31.9 Å². The zero-order chi connectivity index (χ0) is 20.0. The Bertz CT molecular complexity index is 685. The van der Waals surface area contributed by atoms with Gasteiger partial charge < -0.3 is 14.4 Å². The van der Waals surface area contributed by atoms with E-state index in [0.717, 1.165) is 5.56 Å². The third-order valence-electron chi connectivity index (χ3n) is 3.83. The van der Waals surface area contributed by atoms with Gasteiger partial charge in [-0.3, -0.25) is 4.90 Å². The molecular weight excluding hydrogens is 480 g/mol. The zero-order valence-corrected chi connectivity index (χ0v) is 18.8. The molecular formula is C19H24Br2N2O4. The summed E-state index contributed by atoms with van der Waals surface area (Å²) in [7, 11) is 0. The number of carbonyl (C=O) groups excluding carboxylic acids is 2. The molecule has 1 heterocycles. The van der Waals surface area contributed by atoms with Crippen LogP contribution in [-0.2, 0) is 16.1 Å². The smallest absolute Gasteiger partial charge is 0.410 e. The highest BCUT2D eigenvalue weighted by Crippen LogP contribution is 2.21. The lowest BCUT2D eigenvalue weighted by atomic mass is 10.1. The molecule has 8 heteroatoms. The number of amides is 2.